The van der Waals surface area contributed by atoms with Crippen LogP contribution in [-0.2, 0) is 0 Å². The molecule has 0 spiro atoms. The third-order valence-corrected chi connectivity index (χ3v) is 19.8. The van der Waals surface area contributed by atoms with Gasteiger partial charge in [0, 0.05) is 0 Å². The van der Waals surface area contributed by atoms with E-state index >= 15 is 0 Å². The van der Waals surface area contributed by atoms with Gasteiger partial charge in [-0.15, -0.1) is 0 Å². The first-order valence-corrected chi connectivity index (χ1v) is 22.8. The van der Waals surface area contributed by atoms with E-state index in [1.807, 2.05) is 0 Å². The number of fused-ring (bicyclic) bond motifs is 5. The van der Waals surface area contributed by atoms with Crippen molar-refractivity contribution in [2.24, 2.45) is 46.3 Å². The van der Waals surface area contributed by atoms with E-state index in [-0.39, 0.29) is 0 Å². The Morgan fingerprint density at radius 1 is 0.852 bits per heavy atom. The van der Waals surface area contributed by atoms with Crippen molar-refractivity contribution in [3.63, 3.8) is 0 Å². The molecule has 27 heavy (non-hydrogen) atoms. The summed E-state index contributed by atoms with van der Waals surface area (Å²) in [4.78, 5) is 8.10. The number of rotatable bonds is 3. The van der Waals surface area contributed by atoms with Gasteiger partial charge in [0.15, 0.2) is 0 Å². The van der Waals surface area contributed by atoms with Crippen molar-refractivity contribution in [1.29, 1.82) is 0 Å². The second-order valence-corrected chi connectivity index (χ2v) is 28.9. The van der Waals surface area contributed by atoms with Gasteiger partial charge >= 0.3 is 175 Å². The zero-order valence-corrected chi connectivity index (χ0v) is 22.5. The Kier molecular flexibility index (Phi) is 5.61. The Balaban J connectivity index is 1.55. The number of hydrogen-bond acceptors (Lipinski definition) is 0. The molecule has 0 amide bonds. The second kappa shape index (κ2) is 7.19. The molecule has 0 bridgehead atoms. The van der Waals surface area contributed by atoms with Gasteiger partial charge in [-0.2, -0.15) is 0 Å². The fourth-order valence-corrected chi connectivity index (χ4v) is 15.0. The van der Waals surface area contributed by atoms with Gasteiger partial charge in [-0.1, -0.05) is 0 Å². The average molecular weight is 479 g/mol. The van der Waals surface area contributed by atoms with Crippen LogP contribution < -0.4 is 0 Å². The average Bonchev–Trinajstić information content (AvgIpc) is 2.96. The quantitative estimate of drug-likeness (QED) is 0.357. The summed E-state index contributed by atoms with van der Waals surface area (Å²) < 4.78 is 1.17. The Labute approximate surface area is 174 Å². The molecule has 0 aromatic heterocycles. The SMILES string of the molecule is CC[C@@H](C)[C@H]1CC[C@H]2[C@@H]3CC[C@@H]4C[C@@H]([Sn]([CH3])([CH3])[CH3])CC[C@]4(C)[C@H]3CC[C@]12C. The number of hydrogen-bond donors (Lipinski definition) is 0. The summed E-state index contributed by atoms with van der Waals surface area (Å²) in [5.41, 5.74) is 1.38. The second-order valence-electron chi connectivity index (χ2n) is 13.1. The van der Waals surface area contributed by atoms with Gasteiger partial charge in [-0.05, 0) is 0 Å². The summed E-state index contributed by atoms with van der Waals surface area (Å²) in [5, 5.41) is 0. The van der Waals surface area contributed by atoms with Crippen molar-refractivity contribution in [2.45, 2.75) is 111 Å². The van der Waals surface area contributed by atoms with Crippen molar-refractivity contribution in [2.75, 3.05) is 0 Å². The van der Waals surface area contributed by atoms with E-state index in [0.29, 0.717) is 10.8 Å². The third kappa shape index (κ3) is 3.29. The topological polar surface area (TPSA) is 0 Å². The molecule has 4 aliphatic rings. The Morgan fingerprint density at radius 3 is 2.19 bits per heavy atom. The predicted molar refractivity (Wildman–Crippen MR) is 122 cm³/mol. The van der Waals surface area contributed by atoms with Crippen LogP contribution in [0.4, 0.5) is 0 Å². The molecule has 156 valence electrons. The summed E-state index contributed by atoms with van der Waals surface area (Å²) in [7, 11) is 0. The summed E-state index contributed by atoms with van der Waals surface area (Å²) in [6, 6.07) is 0. The molecule has 0 unspecified atom stereocenters. The molecule has 0 N–H and O–H groups in total. The zero-order chi connectivity index (χ0) is 19.6. The van der Waals surface area contributed by atoms with Crippen LogP contribution in [0, 0.1) is 46.3 Å². The van der Waals surface area contributed by atoms with Crippen LogP contribution >= 0.6 is 0 Å². The molecular formula is C26H48Sn. The van der Waals surface area contributed by atoms with E-state index < -0.39 is 18.4 Å². The van der Waals surface area contributed by atoms with Gasteiger partial charge in [-0.25, -0.2) is 0 Å². The standard InChI is InChI=1S/C23H39.3CH3.Sn/c1-5-16(2)19-11-12-20-18-10-9-17-8-6-7-14-22(17,3)21(18)13-15-23(19,20)4;;;;/h6,16-21H,5,7-15H2,1-4H3;3*1H3;/t16-,17+,18+,19-,20+,21+,22+,23-;;;;/m1..../s1. The molecule has 0 radical (unpaired) electrons. The molecule has 4 saturated carbocycles. The minimum atomic E-state index is -1.73. The molecule has 0 aliphatic heterocycles. The summed E-state index contributed by atoms with van der Waals surface area (Å²) >= 11 is -1.73. The predicted octanol–water partition coefficient (Wildman–Crippen LogP) is 8.40. The molecule has 0 aromatic rings. The van der Waals surface area contributed by atoms with Crippen LogP contribution in [-0.4, -0.2) is 18.4 Å². The van der Waals surface area contributed by atoms with Gasteiger partial charge in [-0.3, -0.25) is 0 Å². The van der Waals surface area contributed by atoms with Crippen molar-refractivity contribution >= 4 is 18.4 Å². The van der Waals surface area contributed by atoms with Gasteiger partial charge in [0.2, 0.25) is 0 Å². The fourth-order valence-electron chi connectivity index (χ4n) is 9.30. The maximum atomic E-state index is 2.77. The first-order valence-electron chi connectivity index (χ1n) is 12.6. The van der Waals surface area contributed by atoms with Gasteiger partial charge in [0.25, 0.3) is 0 Å². The van der Waals surface area contributed by atoms with Gasteiger partial charge < -0.3 is 0 Å². The summed E-state index contributed by atoms with van der Waals surface area (Å²) in [6.45, 7) is 10.5. The van der Waals surface area contributed by atoms with E-state index in [1.54, 1.807) is 57.8 Å². The van der Waals surface area contributed by atoms with Crippen molar-refractivity contribution in [3.05, 3.63) is 0 Å². The Hall–Kier alpha value is 0.799. The van der Waals surface area contributed by atoms with Crippen LogP contribution in [0.15, 0.2) is 0 Å². The zero-order valence-electron chi connectivity index (χ0n) is 19.6. The molecule has 0 heterocycles. The molecule has 0 nitrogen and oxygen atoms in total. The fraction of sp³-hybridized carbons (Fsp3) is 1.00. The first-order chi connectivity index (χ1) is 12.6. The van der Waals surface area contributed by atoms with Crippen molar-refractivity contribution in [3.8, 4) is 0 Å². The third-order valence-electron chi connectivity index (χ3n) is 11.3. The van der Waals surface area contributed by atoms with E-state index in [1.165, 1.54) is 10.4 Å². The van der Waals surface area contributed by atoms with Crippen LogP contribution in [0.2, 0.25) is 18.8 Å². The van der Waals surface area contributed by atoms with Crippen LogP contribution in [0.1, 0.15) is 91.9 Å². The van der Waals surface area contributed by atoms with Gasteiger partial charge in [0.1, 0.15) is 0 Å². The van der Waals surface area contributed by atoms with Crippen LogP contribution in [0.25, 0.3) is 0 Å². The summed E-state index contributed by atoms with van der Waals surface area (Å²) in [5.74, 6) is 6.25. The normalized spacial score (nSPS) is 51.2. The minimum absolute atomic E-state index is 0.679. The van der Waals surface area contributed by atoms with E-state index in [2.05, 4.69) is 42.5 Å². The van der Waals surface area contributed by atoms with Crippen molar-refractivity contribution < 1.29 is 0 Å². The molecule has 4 aliphatic carbocycles. The van der Waals surface area contributed by atoms with Gasteiger partial charge in [0.05, 0.1) is 0 Å². The molecule has 0 aromatic carbocycles. The van der Waals surface area contributed by atoms with E-state index in [0.717, 1.165) is 35.5 Å². The Bertz CT molecular complexity index is 547. The monoisotopic (exact) mass is 480 g/mol. The maximum absolute atomic E-state index is 2.77. The molecular weight excluding hydrogens is 431 g/mol. The van der Waals surface area contributed by atoms with Crippen molar-refractivity contribution in [1.82, 2.24) is 0 Å². The molecule has 1 heteroatoms. The first kappa shape index (κ1) is 21.0. The molecule has 4 fully saturated rings. The van der Waals surface area contributed by atoms with E-state index in [9.17, 15) is 0 Å². The van der Waals surface area contributed by atoms with Crippen LogP contribution in [0.3, 0.4) is 0 Å². The molecule has 0 saturated heterocycles. The summed E-state index contributed by atoms with van der Waals surface area (Å²) in [6.07, 6.45) is 15.6. The molecule has 9 atom stereocenters. The Morgan fingerprint density at radius 2 is 1.52 bits per heavy atom. The van der Waals surface area contributed by atoms with E-state index in [4.69, 9.17) is 0 Å². The molecule has 4 rings (SSSR count). The van der Waals surface area contributed by atoms with Crippen LogP contribution in [0.5, 0.6) is 0 Å².